The summed E-state index contributed by atoms with van der Waals surface area (Å²) in [6, 6.07) is 9.39. The summed E-state index contributed by atoms with van der Waals surface area (Å²) in [6.07, 6.45) is 1.38. The minimum Gasteiger partial charge on any atom is -0.496 e. The number of fused-ring (bicyclic) bond motifs is 1. The lowest BCUT2D eigenvalue weighted by Gasteiger charge is -2.10. The Morgan fingerprint density at radius 1 is 1.25 bits per heavy atom. The van der Waals surface area contributed by atoms with Gasteiger partial charge in [0.2, 0.25) is 5.91 Å². The average Bonchev–Trinajstić information content (AvgIpc) is 2.95. The van der Waals surface area contributed by atoms with Crippen LogP contribution < -0.4 is 10.1 Å². The summed E-state index contributed by atoms with van der Waals surface area (Å²) in [4.78, 5) is 16.1. The molecule has 0 aliphatic heterocycles. The molecule has 0 radical (unpaired) electrons. The number of amides is 1. The van der Waals surface area contributed by atoms with Crippen molar-refractivity contribution in [2.75, 3.05) is 7.11 Å². The van der Waals surface area contributed by atoms with Crippen LogP contribution >= 0.6 is 0 Å². The van der Waals surface area contributed by atoms with Crippen molar-refractivity contribution in [2.24, 2.45) is 0 Å². The smallest absolute Gasteiger partial charge is 0.240 e. The van der Waals surface area contributed by atoms with Gasteiger partial charge in [-0.25, -0.2) is 13.8 Å². The van der Waals surface area contributed by atoms with Crippen LogP contribution in [0.5, 0.6) is 5.75 Å². The SMILES string of the molecule is COc1ccccc1CNC(=O)Cn1cnc2cc(F)c(F)cc21. The van der Waals surface area contributed by atoms with Gasteiger partial charge >= 0.3 is 0 Å². The highest BCUT2D eigenvalue weighted by Gasteiger charge is 2.12. The van der Waals surface area contributed by atoms with Crippen LogP contribution in [0.2, 0.25) is 0 Å². The van der Waals surface area contributed by atoms with Gasteiger partial charge in [0.15, 0.2) is 11.6 Å². The van der Waals surface area contributed by atoms with Crippen molar-refractivity contribution in [3.8, 4) is 5.75 Å². The third kappa shape index (κ3) is 3.19. The van der Waals surface area contributed by atoms with Crippen LogP contribution in [0.1, 0.15) is 5.56 Å². The molecule has 0 aliphatic carbocycles. The molecular formula is C17H15F2N3O2. The molecule has 0 saturated heterocycles. The van der Waals surface area contributed by atoms with Gasteiger partial charge in [-0.2, -0.15) is 0 Å². The molecule has 3 aromatic rings. The van der Waals surface area contributed by atoms with Crippen LogP contribution in [0.15, 0.2) is 42.7 Å². The first kappa shape index (κ1) is 15.9. The Balaban J connectivity index is 1.70. The standard InChI is InChI=1S/C17H15F2N3O2/c1-24-16-5-3-2-4-11(16)8-20-17(23)9-22-10-21-14-6-12(18)13(19)7-15(14)22/h2-7,10H,8-9H2,1H3,(H,20,23). The summed E-state index contributed by atoms with van der Waals surface area (Å²) >= 11 is 0. The molecule has 1 heterocycles. The summed E-state index contributed by atoms with van der Waals surface area (Å²) in [5, 5.41) is 2.77. The van der Waals surface area contributed by atoms with Crippen LogP contribution in [0.25, 0.3) is 11.0 Å². The number of hydrogen-bond donors (Lipinski definition) is 1. The predicted octanol–water partition coefficient (Wildman–Crippen LogP) is 2.64. The van der Waals surface area contributed by atoms with Gasteiger partial charge in [-0.15, -0.1) is 0 Å². The third-order valence-corrected chi connectivity index (χ3v) is 3.65. The van der Waals surface area contributed by atoms with Crippen LogP contribution in [0.4, 0.5) is 8.78 Å². The van der Waals surface area contributed by atoms with E-state index in [1.165, 1.54) is 10.9 Å². The van der Waals surface area contributed by atoms with E-state index >= 15 is 0 Å². The molecule has 1 amide bonds. The van der Waals surface area contributed by atoms with E-state index in [4.69, 9.17) is 4.74 Å². The molecule has 0 bridgehead atoms. The van der Waals surface area contributed by atoms with Gasteiger partial charge in [-0.3, -0.25) is 4.79 Å². The Labute approximate surface area is 136 Å². The summed E-state index contributed by atoms with van der Waals surface area (Å²) in [6.45, 7) is 0.259. The monoisotopic (exact) mass is 331 g/mol. The number of imidazole rings is 1. The van der Waals surface area contributed by atoms with Crippen molar-refractivity contribution < 1.29 is 18.3 Å². The number of ether oxygens (including phenoxy) is 1. The predicted molar refractivity (Wildman–Crippen MR) is 84.5 cm³/mol. The molecule has 5 nitrogen and oxygen atoms in total. The van der Waals surface area contributed by atoms with Gasteiger partial charge < -0.3 is 14.6 Å². The maximum absolute atomic E-state index is 13.4. The Kier molecular flexibility index (Phi) is 4.41. The maximum atomic E-state index is 13.4. The topological polar surface area (TPSA) is 56.1 Å². The number of halogens is 2. The number of para-hydroxylation sites is 1. The molecule has 0 unspecified atom stereocenters. The summed E-state index contributed by atoms with van der Waals surface area (Å²) in [5.74, 6) is -1.53. The van der Waals surface area contributed by atoms with Crippen LogP contribution in [-0.4, -0.2) is 22.6 Å². The highest BCUT2D eigenvalue weighted by molar-refractivity contribution is 5.80. The highest BCUT2D eigenvalue weighted by atomic mass is 19.2. The fraction of sp³-hybridized carbons (Fsp3) is 0.176. The van der Waals surface area contributed by atoms with E-state index in [-0.39, 0.29) is 12.5 Å². The number of nitrogens with one attached hydrogen (secondary N) is 1. The second-order valence-corrected chi connectivity index (χ2v) is 5.22. The molecule has 3 rings (SSSR count). The van der Waals surface area contributed by atoms with Crippen molar-refractivity contribution in [3.63, 3.8) is 0 Å². The fourth-order valence-electron chi connectivity index (χ4n) is 2.43. The molecule has 7 heteroatoms. The molecule has 0 spiro atoms. The number of nitrogens with zero attached hydrogens (tertiary/aromatic N) is 2. The molecule has 2 aromatic carbocycles. The molecule has 0 atom stereocenters. The van der Waals surface area contributed by atoms with Crippen molar-refractivity contribution in [1.82, 2.24) is 14.9 Å². The van der Waals surface area contributed by atoms with Crippen molar-refractivity contribution in [3.05, 3.63) is 59.9 Å². The molecule has 0 fully saturated rings. The number of carbonyl (C=O) groups is 1. The van der Waals surface area contributed by atoms with Gasteiger partial charge in [0, 0.05) is 24.2 Å². The molecule has 124 valence electrons. The van der Waals surface area contributed by atoms with E-state index in [9.17, 15) is 13.6 Å². The van der Waals surface area contributed by atoms with Crippen LogP contribution in [0.3, 0.4) is 0 Å². The number of rotatable bonds is 5. The zero-order chi connectivity index (χ0) is 17.1. The zero-order valence-corrected chi connectivity index (χ0v) is 12.9. The minimum atomic E-state index is -0.973. The highest BCUT2D eigenvalue weighted by Crippen LogP contribution is 2.18. The summed E-state index contributed by atoms with van der Waals surface area (Å²) in [5.41, 5.74) is 1.50. The lowest BCUT2D eigenvalue weighted by molar-refractivity contribution is -0.121. The Morgan fingerprint density at radius 2 is 2.00 bits per heavy atom. The number of benzene rings is 2. The van der Waals surface area contributed by atoms with Crippen LogP contribution in [0, 0.1) is 11.6 Å². The molecule has 1 N–H and O–H groups in total. The first-order valence-electron chi connectivity index (χ1n) is 7.27. The Bertz CT molecular complexity index is 893. The minimum absolute atomic E-state index is 0.0449. The first-order valence-corrected chi connectivity index (χ1v) is 7.27. The molecule has 1 aromatic heterocycles. The second kappa shape index (κ2) is 6.66. The molecule has 0 saturated carbocycles. The lowest BCUT2D eigenvalue weighted by Crippen LogP contribution is -2.27. The van der Waals surface area contributed by atoms with E-state index in [1.807, 2.05) is 24.3 Å². The van der Waals surface area contributed by atoms with Crippen LogP contribution in [-0.2, 0) is 17.9 Å². The summed E-state index contributed by atoms with van der Waals surface area (Å²) < 4.78 is 33.2. The lowest BCUT2D eigenvalue weighted by atomic mass is 10.2. The van der Waals surface area contributed by atoms with Crippen molar-refractivity contribution in [1.29, 1.82) is 0 Å². The second-order valence-electron chi connectivity index (χ2n) is 5.22. The van der Waals surface area contributed by atoms with Gasteiger partial charge in [-0.1, -0.05) is 18.2 Å². The molecule has 24 heavy (non-hydrogen) atoms. The number of hydrogen-bond acceptors (Lipinski definition) is 3. The number of aromatic nitrogens is 2. The zero-order valence-electron chi connectivity index (χ0n) is 12.9. The van der Waals surface area contributed by atoms with Crippen molar-refractivity contribution >= 4 is 16.9 Å². The van der Waals surface area contributed by atoms with Crippen molar-refractivity contribution in [2.45, 2.75) is 13.1 Å². The largest absolute Gasteiger partial charge is 0.496 e. The van der Waals surface area contributed by atoms with E-state index in [2.05, 4.69) is 10.3 Å². The summed E-state index contributed by atoms with van der Waals surface area (Å²) in [7, 11) is 1.56. The fourth-order valence-corrected chi connectivity index (χ4v) is 2.43. The maximum Gasteiger partial charge on any atom is 0.240 e. The van der Waals surface area contributed by atoms with E-state index in [1.54, 1.807) is 7.11 Å². The average molecular weight is 331 g/mol. The Morgan fingerprint density at radius 3 is 2.79 bits per heavy atom. The van der Waals surface area contributed by atoms with Gasteiger partial charge in [-0.05, 0) is 6.07 Å². The normalized spacial score (nSPS) is 10.8. The van der Waals surface area contributed by atoms with Gasteiger partial charge in [0.25, 0.3) is 0 Å². The van der Waals surface area contributed by atoms with Gasteiger partial charge in [0.1, 0.15) is 12.3 Å². The van der Waals surface area contributed by atoms with E-state index < -0.39 is 11.6 Å². The molecular weight excluding hydrogens is 316 g/mol. The van der Waals surface area contributed by atoms with Gasteiger partial charge in [0.05, 0.1) is 24.5 Å². The van der Waals surface area contributed by atoms with E-state index in [0.29, 0.717) is 23.3 Å². The quantitative estimate of drug-likeness (QED) is 0.782. The number of methoxy groups -OCH3 is 1. The molecule has 0 aliphatic rings. The first-order chi connectivity index (χ1) is 11.6. The Hall–Kier alpha value is -2.96. The third-order valence-electron chi connectivity index (χ3n) is 3.65. The van der Waals surface area contributed by atoms with E-state index in [0.717, 1.165) is 17.7 Å². The number of carbonyl (C=O) groups excluding carboxylic acids is 1.